The molecule has 3 aromatic rings. The highest BCUT2D eigenvalue weighted by Gasteiger charge is 2.09. The van der Waals surface area contributed by atoms with Crippen molar-refractivity contribution >= 4 is 17.9 Å². The summed E-state index contributed by atoms with van der Waals surface area (Å²) in [5, 5.41) is 0. The van der Waals surface area contributed by atoms with Gasteiger partial charge >= 0.3 is 5.97 Å². The Morgan fingerprint density at radius 3 is 1.97 bits per heavy atom. The van der Waals surface area contributed by atoms with Gasteiger partial charge in [0.1, 0.15) is 11.5 Å². The molecular formula is C33H42N2O3. The maximum absolute atomic E-state index is 12.5. The predicted octanol–water partition coefficient (Wildman–Crippen LogP) is 9.13. The number of nitrogens with zero attached hydrogens (tertiary/aromatic N) is 2. The molecule has 0 aliphatic rings. The molecule has 0 aliphatic heterocycles. The summed E-state index contributed by atoms with van der Waals surface area (Å²) in [6, 6.07) is 18.1. The van der Waals surface area contributed by atoms with E-state index in [1.54, 1.807) is 42.9 Å². The third-order valence-electron chi connectivity index (χ3n) is 6.46. The Hall–Kier alpha value is -3.47. The zero-order valence-electron chi connectivity index (χ0n) is 22.8. The second-order valence-electron chi connectivity index (χ2n) is 9.69. The highest BCUT2D eigenvalue weighted by Crippen LogP contribution is 2.18. The Bertz CT molecular complexity index is 1060. The molecule has 0 radical (unpaired) electrons. The van der Waals surface area contributed by atoms with Crippen molar-refractivity contribution in [2.45, 2.75) is 84.0 Å². The smallest absolute Gasteiger partial charge is 0.343 e. The van der Waals surface area contributed by atoms with Crippen LogP contribution < -0.4 is 9.47 Å². The Morgan fingerprint density at radius 1 is 0.763 bits per heavy atom. The molecule has 5 nitrogen and oxygen atoms in total. The molecule has 5 heteroatoms. The molecular weight excluding hydrogens is 472 g/mol. The molecule has 2 aromatic carbocycles. The van der Waals surface area contributed by atoms with Crippen LogP contribution in [0.4, 0.5) is 5.69 Å². The molecule has 0 saturated carbocycles. The van der Waals surface area contributed by atoms with Crippen LogP contribution in [0, 0.1) is 0 Å². The minimum absolute atomic E-state index is 0.394. The predicted molar refractivity (Wildman–Crippen MR) is 156 cm³/mol. The monoisotopic (exact) mass is 514 g/mol. The van der Waals surface area contributed by atoms with E-state index < -0.39 is 5.97 Å². The van der Waals surface area contributed by atoms with Crippen LogP contribution in [0.2, 0.25) is 0 Å². The number of pyridine rings is 1. The third kappa shape index (κ3) is 11.7. The van der Waals surface area contributed by atoms with Crippen LogP contribution in [0.3, 0.4) is 0 Å². The van der Waals surface area contributed by atoms with Crippen molar-refractivity contribution in [1.29, 1.82) is 0 Å². The van der Waals surface area contributed by atoms with Gasteiger partial charge in [0, 0.05) is 12.4 Å². The number of ether oxygens (including phenoxy) is 2. The zero-order valence-corrected chi connectivity index (χ0v) is 22.8. The number of aliphatic imine (C=N–C) groups is 1. The largest absolute Gasteiger partial charge is 0.494 e. The van der Waals surface area contributed by atoms with E-state index in [-0.39, 0.29) is 0 Å². The minimum atomic E-state index is -0.394. The van der Waals surface area contributed by atoms with Crippen molar-refractivity contribution in [3.8, 4) is 11.5 Å². The van der Waals surface area contributed by atoms with Gasteiger partial charge < -0.3 is 9.47 Å². The van der Waals surface area contributed by atoms with E-state index in [9.17, 15) is 4.79 Å². The molecule has 38 heavy (non-hydrogen) atoms. The fraction of sp³-hybridized carbons (Fsp3) is 0.424. The molecule has 202 valence electrons. The van der Waals surface area contributed by atoms with E-state index >= 15 is 0 Å². The summed E-state index contributed by atoms with van der Waals surface area (Å²) in [5.74, 6) is 0.872. The van der Waals surface area contributed by atoms with Gasteiger partial charge in [0.2, 0.25) is 0 Å². The van der Waals surface area contributed by atoms with Crippen LogP contribution >= 0.6 is 0 Å². The number of hydrogen-bond acceptors (Lipinski definition) is 5. The van der Waals surface area contributed by atoms with Crippen LogP contribution in [0.15, 0.2) is 78.0 Å². The summed E-state index contributed by atoms with van der Waals surface area (Å²) < 4.78 is 11.4. The van der Waals surface area contributed by atoms with E-state index in [0.29, 0.717) is 17.9 Å². The SMILES string of the molecule is CCCCCCCCCCCCCCOc1ccc(C(=O)Oc2ccc(C=Nc3cccnc3)cc2)cc1. The average Bonchev–Trinajstić information content (AvgIpc) is 2.96. The summed E-state index contributed by atoms with van der Waals surface area (Å²) in [5.41, 5.74) is 2.18. The fourth-order valence-corrected chi connectivity index (χ4v) is 4.19. The van der Waals surface area contributed by atoms with E-state index in [1.165, 1.54) is 70.6 Å². The van der Waals surface area contributed by atoms with Crippen molar-refractivity contribution in [1.82, 2.24) is 4.98 Å². The van der Waals surface area contributed by atoms with Crippen LogP contribution in [-0.4, -0.2) is 23.8 Å². The lowest BCUT2D eigenvalue weighted by Gasteiger charge is -2.08. The molecule has 0 aliphatic carbocycles. The van der Waals surface area contributed by atoms with E-state index in [1.807, 2.05) is 36.4 Å². The van der Waals surface area contributed by atoms with Crippen molar-refractivity contribution in [3.05, 3.63) is 84.2 Å². The lowest BCUT2D eigenvalue weighted by Crippen LogP contribution is -2.08. The number of hydrogen-bond donors (Lipinski definition) is 0. The summed E-state index contributed by atoms with van der Waals surface area (Å²) in [6.07, 6.45) is 21.1. The van der Waals surface area contributed by atoms with Gasteiger partial charge in [0.05, 0.1) is 24.1 Å². The second kappa shape index (κ2) is 17.9. The summed E-state index contributed by atoms with van der Waals surface area (Å²) >= 11 is 0. The molecule has 0 atom stereocenters. The summed E-state index contributed by atoms with van der Waals surface area (Å²) in [4.78, 5) is 20.9. The number of benzene rings is 2. The maximum Gasteiger partial charge on any atom is 0.343 e. The Kier molecular flexibility index (Phi) is 13.7. The maximum atomic E-state index is 12.5. The highest BCUT2D eigenvalue weighted by molar-refractivity contribution is 5.91. The van der Waals surface area contributed by atoms with Crippen molar-refractivity contribution in [2.24, 2.45) is 4.99 Å². The first-order valence-corrected chi connectivity index (χ1v) is 14.2. The molecule has 0 fully saturated rings. The third-order valence-corrected chi connectivity index (χ3v) is 6.46. The number of carbonyl (C=O) groups excluding carboxylic acids is 1. The van der Waals surface area contributed by atoms with Crippen molar-refractivity contribution < 1.29 is 14.3 Å². The Labute approximate surface area is 228 Å². The normalized spacial score (nSPS) is 11.1. The van der Waals surface area contributed by atoms with Crippen LogP contribution in [0.25, 0.3) is 0 Å². The van der Waals surface area contributed by atoms with Gasteiger partial charge in [-0.1, -0.05) is 77.6 Å². The Morgan fingerprint density at radius 2 is 1.37 bits per heavy atom. The minimum Gasteiger partial charge on any atom is -0.494 e. The summed E-state index contributed by atoms with van der Waals surface area (Å²) in [6.45, 7) is 2.97. The van der Waals surface area contributed by atoms with Crippen molar-refractivity contribution in [3.63, 3.8) is 0 Å². The van der Waals surface area contributed by atoms with Crippen molar-refractivity contribution in [2.75, 3.05) is 6.61 Å². The second-order valence-corrected chi connectivity index (χ2v) is 9.69. The first-order chi connectivity index (χ1) is 18.7. The van der Waals surface area contributed by atoms with Gasteiger partial charge in [-0.25, -0.2) is 4.79 Å². The molecule has 0 N–H and O–H groups in total. The van der Waals surface area contributed by atoms with Crippen LogP contribution in [0.1, 0.15) is 99.9 Å². The topological polar surface area (TPSA) is 60.8 Å². The fourth-order valence-electron chi connectivity index (χ4n) is 4.19. The van der Waals surface area contributed by atoms with Gasteiger partial charge in [0.25, 0.3) is 0 Å². The molecule has 3 rings (SSSR count). The number of aromatic nitrogens is 1. The number of unbranched alkanes of at least 4 members (excludes halogenated alkanes) is 11. The van der Waals surface area contributed by atoms with Gasteiger partial charge in [-0.3, -0.25) is 9.98 Å². The van der Waals surface area contributed by atoms with Gasteiger partial charge in [0.15, 0.2) is 0 Å². The standard InChI is InChI=1S/C33H42N2O3/c1-2-3-4-5-6-7-8-9-10-11-12-13-25-37-31-22-18-29(19-23-31)33(36)38-32-20-16-28(17-21-32)26-35-30-15-14-24-34-27-30/h14-24,26-27H,2-13,25H2,1H3. The average molecular weight is 515 g/mol. The number of esters is 1. The van der Waals surface area contributed by atoms with E-state index in [4.69, 9.17) is 9.47 Å². The van der Waals surface area contributed by atoms with Crippen LogP contribution in [-0.2, 0) is 0 Å². The Balaban J connectivity index is 1.27. The molecule has 0 spiro atoms. The highest BCUT2D eigenvalue weighted by atomic mass is 16.5. The van der Waals surface area contributed by atoms with Gasteiger partial charge in [-0.15, -0.1) is 0 Å². The summed E-state index contributed by atoms with van der Waals surface area (Å²) in [7, 11) is 0. The lowest BCUT2D eigenvalue weighted by molar-refractivity contribution is 0.0734. The van der Waals surface area contributed by atoms with Gasteiger partial charge in [-0.2, -0.15) is 0 Å². The van der Waals surface area contributed by atoms with E-state index in [2.05, 4.69) is 16.9 Å². The molecule has 1 aromatic heterocycles. The molecule has 0 amide bonds. The first kappa shape index (κ1) is 29.1. The number of carbonyl (C=O) groups is 1. The van der Waals surface area contributed by atoms with E-state index in [0.717, 1.165) is 23.4 Å². The number of rotatable bonds is 18. The quantitative estimate of drug-likeness (QED) is 0.0735. The van der Waals surface area contributed by atoms with Crippen LogP contribution in [0.5, 0.6) is 11.5 Å². The molecule has 1 heterocycles. The lowest BCUT2D eigenvalue weighted by atomic mass is 10.1. The molecule has 0 bridgehead atoms. The first-order valence-electron chi connectivity index (χ1n) is 14.2. The molecule has 0 unspecified atom stereocenters. The molecule has 0 saturated heterocycles. The zero-order chi connectivity index (χ0) is 26.7. The van der Waals surface area contributed by atoms with Gasteiger partial charge in [-0.05, 0) is 72.6 Å².